The number of hydrogen-bond acceptors (Lipinski definition) is 6. The number of furan rings is 2. The minimum Gasteiger partial charge on any atom is -0.456 e. The first-order valence-corrected chi connectivity index (χ1v) is 23.1. The van der Waals surface area contributed by atoms with Gasteiger partial charge in [-0.25, -0.2) is 15.0 Å². The summed E-state index contributed by atoms with van der Waals surface area (Å²) in [5, 5.41) is 6.64. The average Bonchev–Trinajstić information content (AvgIpc) is 4.11. The minimum absolute atomic E-state index is 0.290. The van der Waals surface area contributed by atoms with Crippen LogP contribution in [0.1, 0.15) is 25.0 Å². The maximum Gasteiger partial charge on any atom is 0.164 e. The Bertz CT molecular complexity index is 4040. The van der Waals surface area contributed by atoms with Crippen LogP contribution in [0.15, 0.2) is 197 Å². The van der Waals surface area contributed by atoms with E-state index in [-0.39, 0.29) is 5.41 Å². The molecule has 14 rings (SSSR count). The molecule has 0 fully saturated rings. The summed E-state index contributed by atoms with van der Waals surface area (Å²) in [4.78, 5) is 15.9. The van der Waals surface area contributed by atoms with Crippen molar-refractivity contribution in [1.29, 1.82) is 0 Å². The molecule has 0 amide bonds. The molecule has 4 aromatic heterocycles. The Hall–Kier alpha value is -8.19. The van der Waals surface area contributed by atoms with Crippen LogP contribution in [0.25, 0.3) is 132 Å². The molecule has 0 bridgehead atoms. The van der Waals surface area contributed by atoms with Gasteiger partial charge < -0.3 is 8.83 Å². The Kier molecular flexibility index (Phi) is 7.84. The first-order chi connectivity index (χ1) is 32.4. The Labute approximate surface area is 383 Å². The Morgan fingerprint density at radius 3 is 1.47 bits per heavy atom. The van der Waals surface area contributed by atoms with E-state index in [9.17, 15) is 0 Å². The van der Waals surface area contributed by atoms with Crippen LogP contribution < -0.4 is 0 Å². The Balaban J connectivity index is 0.886. The van der Waals surface area contributed by atoms with E-state index >= 15 is 0 Å². The zero-order valence-electron chi connectivity index (χ0n) is 36.0. The molecule has 0 saturated carbocycles. The van der Waals surface area contributed by atoms with Crippen molar-refractivity contribution >= 4 is 75.4 Å². The highest BCUT2D eigenvalue weighted by molar-refractivity contribution is 7.25. The summed E-state index contributed by atoms with van der Waals surface area (Å²) in [5.74, 6) is 1.76. The van der Waals surface area contributed by atoms with Gasteiger partial charge in [-0.2, -0.15) is 0 Å². The van der Waals surface area contributed by atoms with E-state index in [1.165, 1.54) is 64.7 Å². The van der Waals surface area contributed by atoms with Crippen LogP contribution in [-0.4, -0.2) is 15.0 Å². The molecule has 0 aliphatic heterocycles. The number of benzene rings is 9. The molecule has 66 heavy (non-hydrogen) atoms. The van der Waals surface area contributed by atoms with E-state index in [1.807, 2.05) is 72.0 Å². The second-order valence-electron chi connectivity index (χ2n) is 17.9. The highest BCUT2D eigenvalue weighted by Crippen LogP contribution is 2.51. The van der Waals surface area contributed by atoms with Crippen LogP contribution in [0.2, 0.25) is 0 Å². The van der Waals surface area contributed by atoms with E-state index in [0.29, 0.717) is 17.5 Å². The van der Waals surface area contributed by atoms with Crippen molar-refractivity contribution in [3.63, 3.8) is 0 Å². The van der Waals surface area contributed by atoms with Crippen molar-refractivity contribution in [2.24, 2.45) is 0 Å². The zero-order chi connectivity index (χ0) is 43.7. The lowest BCUT2D eigenvalue weighted by molar-refractivity contribution is 0.660. The molecule has 0 atom stereocenters. The molecule has 0 N–H and O–H groups in total. The number of thiophene rings is 1. The summed E-state index contributed by atoms with van der Waals surface area (Å²) >= 11 is 1.86. The minimum atomic E-state index is -0.290. The van der Waals surface area contributed by atoms with E-state index in [1.54, 1.807) is 0 Å². The summed E-state index contributed by atoms with van der Waals surface area (Å²) in [6.07, 6.45) is 0. The molecule has 9 aromatic carbocycles. The lowest BCUT2D eigenvalue weighted by Gasteiger charge is -2.22. The first kappa shape index (κ1) is 37.2. The molecule has 6 heteroatoms. The maximum absolute atomic E-state index is 6.35. The standard InChI is InChI=1S/C60H37N3O2S/c1-60(2)47-31-36(34-12-9-13-35(30-34)37-25-29-42-41-14-5-8-23-53(41)66-54(42)33-37)24-27-39(47)40-28-26-38(32-48(40)60)57-61-58(45-17-10-21-51-55(45)43-15-3-6-19-49(43)64-51)63-59(62-57)46-18-11-22-52-56(46)44-16-4-7-20-50(44)65-52/h3-33H,1-2H3. The molecule has 0 radical (unpaired) electrons. The third-order valence-electron chi connectivity index (χ3n) is 13.8. The van der Waals surface area contributed by atoms with Crippen molar-refractivity contribution in [3.05, 3.63) is 199 Å². The third-order valence-corrected chi connectivity index (χ3v) is 14.9. The second-order valence-corrected chi connectivity index (χ2v) is 19.0. The first-order valence-electron chi connectivity index (χ1n) is 22.3. The number of aromatic nitrogens is 3. The molecule has 13 aromatic rings. The number of para-hydroxylation sites is 2. The van der Waals surface area contributed by atoms with Crippen molar-refractivity contribution in [2.45, 2.75) is 19.3 Å². The lowest BCUT2D eigenvalue weighted by atomic mass is 9.81. The van der Waals surface area contributed by atoms with Crippen LogP contribution in [0.5, 0.6) is 0 Å². The monoisotopic (exact) mass is 863 g/mol. The Morgan fingerprint density at radius 2 is 0.818 bits per heavy atom. The third kappa shape index (κ3) is 5.55. The van der Waals surface area contributed by atoms with Crippen molar-refractivity contribution in [2.75, 3.05) is 0 Å². The fourth-order valence-corrected chi connectivity index (χ4v) is 11.7. The van der Waals surface area contributed by atoms with Crippen LogP contribution in [0, 0.1) is 0 Å². The van der Waals surface area contributed by atoms with Crippen molar-refractivity contribution < 1.29 is 8.83 Å². The van der Waals surface area contributed by atoms with Gasteiger partial charge in [0.1, 0.15) is 22.3 Å². The largest absolute Gasteiger partial charge is 0.456 e. The quantitative estimate of drug-likeness (QED) is 0.172. The van der Waals surface area contributed by atoms with Gasteiger partial charge in [0, 0.05) is 63.8 Å². The van der Waals surface area contributed by atoms with E-state index in [0.717, 1.165) is 60.6 Å². The van der Waals surface area contributed by atoms with Crippen molar-refractivity contribution in [3.8, 4) is 67.5 Å². The second kappa shape index (κ2) is 13.9. The molecule has 1 aliphatic carbocycles. The van der Waals surface area contributed by atoms with Gasteiger partial charge in [-0.3, -0.25) is 0 Å². The highest BCUT2D eigenvalue weighted by atomic mass is 32.1. The molecule has 0 saturated heterocycles. The van der Waals surface area contributed by atoms with E-state index in [2.05, 4.69) is 141 Å². The maximum atomic E-state index is 6.35. The predicted molar refractivity (Wildman–Crippen MR) is 272 cm³/mol. The molecule has 5 nitrogen and oxygen atoms in total. The normalized spacial score (nSPS) is 13.1. The average molecular weight is 864 g/mol. The van der Waals surface area contributed by atoms with Gasteiger partial charge in [-0.15, -0.1) is 11.3 Å². The molecule has 0 unspecified atom stereocenters. The molecular formula is C60H37N3O2S. The zero-order valence-corrected chi connectivity index (χ0v) is 36.8. The summed E-state index contributed by atoms with van der Waals surface area (Å²) in [5.41, 5.74) is 15.5. The summed E-state index contributed by atoms with van der Waals surface area (Å²) in [6.45, 7) is 4.67. The van der Waals surface area contributed by atoms with Crippen LogP contribution in [0.4, 0.5) is 0 Å². The number of rotatable bonds is 5. The summed E-state index contributed by atoms with van der Waals surface area (Å²) in [7, 11) is 0. The SMILES string of the molecule is CC1(C)c2cc(-c3cccc(-c4ccc5c(c4)sc4ccccc45)c3)ccc2-c2ccc(-c3nc(-c4cccc5oc6ccccc6c45)nc(-c4cccc5oc6ccccc6c45)n3)cc21. The van der Waals surface area contributed by atoms with Gasteiger partial charge in [-0.05, 0) is 99.1 Å². The van der Waals surface area contributed by atoms with Crippen LogP contribution in [0.3, 0.4) is 0 Å². The number of hydrogen-bond donors (Lipinski definition) is 0. The molecule has 4 heterocycles. The van der Waals surface area contributed by atoms with Gasteiger partial charge in [0.05, 0.1) is 0 Å². The smallest absolute Gasteiger partial charge is 0.164 e. The molecular weight excluding hydrogens is 827 g/mol. The van der Waals surface area contributed by atoms with Gasteiger partial charge >= 0.3 is 0 Å². The van der Waals surface area contributed by atoms with Gasteiger partial charge in [0.2, 0.25) is 0 Å². The van der Waals surface area contributed by atoms with E-state index in [4.69, 9.17) is 23.8 Å². The van der Waals surface area contributed by atoms with E-state index < -0.39 is 0 Å². The fourth-order valence-electron chi connectivity index (χ4n) is 10.5. The van der Waals surface area contributed by atoms with Crippen LogP contribution in [-0.2, 0) is 5.41 Å². The molecule has 0 spiro atoms. The number of fused-ring (bicyclic) bond motifs is 12. The molecule has 1 aliphatic rings. The topological polar surface area (TPSA) is 65.0 Å². The van der Waals surface area contributed by atoms with Crippen LogP contribution >= 0.6 is 11.3 Å². The predicted octanol–water partition coefficient (Wildman–Crippen LogP) is 16.7. The summed E-state index contributed by atoms with van der Waals surface area (Å²) < 4.78 is 15.3. The van der Waals surface area contributed by atoms with Gasteiger partial charge in [0.25, 0.3) is 0 Å². The lowest BCUT2D eigenvalue weighted by Crippen LogP contribution is -2.15. The molecule has 310 valence electrons. The van der Waals surface area contributed by atoms with Gasteiger partial charge in [0.15, 0.2) is 17.5 Å². The number of nitrogens with zero attached hydrogens (tertiary/aromatic N) is 3. The fraction of sp³-hybridized carbons (Fsp3) is 0.0500. The Morgan fingerprint density at radius 1 is 0.348 bits per heavy atom. The highest BCUT2D eigenvalue weighted by Gasteiger charge is 2.36. The van der Waals surface area contributed by atoms with Gasteiger partial charge in [-0.1, -0.05) is 147 Å². The van der Waals surface area contributed by atoms with Crippen molar-refractivity contribution in [1.82, 2.24) is 15.0 Å². The summed E-state index contributed by atoms with van der Waals surface area (Å²) in [6, 6.07) is 66.7.